The number of aliphatic carboxylic acids is 1. The first-order valence-corrected chi connectivity index (χ1v) is 10.8. The van der Waals surface area contributed by atoms with Gasteiger partial charge < -0.3 is 20.3 Å². The first-order chi connectivity index (χ1) is 15.0. The summed E-state index contributed by atoms with van der Waals surface area (Å²) in [5.41, 5.74) is 2.83. The van der Waals surface area contributed by atoms with Gasteiger partial charge in [0.25, 0.3) is 0 Å². The molecule has 2 rings (SSSR count). The third-order valence-corrected chi connectivity index (χ3v) is 5.48. The van der Waals surface area contributed by atoms with Crippen LogP contribution in [0, 0.1) is 19.3 Å². The van der Waals surface area contributed by atoms with Gasteiger partial charge in [-0.3, -0.25) is 4.79 Å². The summed E-state index contributed by atoms with van der Waals surface area (Å²) in [6.07, 6.45) is 3.43. The average molecular weight is 440 g/mol. The highest BCUT2D eigenvalue weighted by Crippen LogP contribution is 2.28. The molecule has 0 heterocycles. The van der Waals surface area contributed by atoms with Crippen molar-refractivity contribution >= 4 is 23.6 Å². The first kappa shape index (κ1) is 25.0. The maximum Gasteiger partial charge on any atom is 0.331 e. The van der Waals surface area contributed by atoms with Crippen molar-refractivity contribution in [1.82, 2.24) is 0 Å². The van der Waals surface area contributed by atoms with Gasteiger partial charge >= 0.3 is 5.97 Å². The van der Waals surface area contributed by atoms with Gasteiger partial charge in [0.1, 0.15) is 11.5 Å². The lowest BCUT2D eigenvalue weighted by Gasteiger charge is -2.24. The predicted octanol–water partition coefficient (Wildman–Crippen LogP) is 5.71. The molecule has 0 saturated carbocycles. The van der Waals surface area contributed by atoms with Crippen molar-refractivity contribution in [2.45, 2.75) is 53.9 Å². The topological polar surface area (TPSA) is 95.9 Å². The molecule has 32 heavy (non-hydrogen) atoms. The second kappa shape index (κ2) is 10.8. The van der Waals surface area contributed by atoms with E-state index in [2.05, 4.69) is 5.32 Å². The fraction of sp³-hybridized carbons (Fsp3) is 0.385. The molecule has 0 atom stereocenters. The Morgan fingerprint density at radius 1 is 1.09 bits per heavy atom. The number of phenols is 1. The lowest BCUT2D eigenvalue weighted by Crippen LogP contribution is -2.31. The van der Waals surface area contributed by atoms with Crippen LogP contribution >= 0.6 is 0 Å². The van der Waals surface area contributed by atoms with Gasteiger partial charge in [-0.25, -0.2) is 4.79 Å². The van der Waals surface area contributed by atoms with Crippen LogP contribution < -0.4 is 10.1 Å². The number of aryl methyl sites for hydroxylation is 2. The molecule has 0 aliphatic carbocycles. The summed E-state index contributed by atoms with van der Waals surface area (Å²) >= 11 is 0. The molecule has 2 aromatic carbocycles. The van der Waals surface area contributed by atoms with Gasteiger partial charge in [0.05, 0.1) is 6.61 Å². The number of hydrogen-bond donors (Lipinski definition) is 3. The van der Waals surface area contributed by atoms with Gasteiger partial charge in [-0.1, -0.05) is 32.9 Å². The highest BCUT2D eigenvalue weighted by atomic mass is 16.5. The molecule has 1 amide bonds. The van der Waals surface area contributed by atoms with Gasteiger partial charge in [-0.2, -0.15) is 0 Å². The normalized spacial score (nSPS) is 11.8. The molecule has 0 saturated heterocycles. The second-order valence-electron chi connectivity index (χ2n) is 8.64. The van der Waals surface area contributed by atoms with Crippen molar-refractivity contribution in [1.29, 1.82) is 0 Å². The number of amides is 1. The van der Waals surface area contributed by atoms with Crippen molar-refractivity contribution in [3.63, 3.8) is 0 Å². The van der Waals surface area contributed by atoms with E-state index in [-0.39, 0.29) is 11.7 Å². The van der Waals surface area contributed by atoms with E-state index >= 15 is 0 Å². The lowest BCUT2D eigenvalue weighted by molar-refractivity contribution is -0.132. The van der Waals surface area contributed by atoms with Gasteiger partial charge in [-0.05, 0) is 80.1 Å². The summed E-state index contributed by atoms with van der Waals surface area (Å²) in [6, 6.07) is 10.6. The molecular weight excluding hydrogens is 406 g/mol. The number of carbonyl (C=O) groups excluding carboxylic acids is 1. The molecule has 6 heteroatoms. The number of nitrogens with one attached hydrogen (secondary N) is 1. The number of ether oxygens (including phenoxy) is 1. The van der Waals surface area contributed by atoms with Crippen LogP contribution in [0.5, 0.6) is 11.5 Å². The maximum atomic E-state index is 12.8. The Bertz CT molecular complexity index is 990. The van der Waals surface area contributed by atoms with E-state index in [4.69, 9.17) is 9.84 Å². The molecule has 0 fully saturated rings. The van der Waals surface area contributed by atoms with E-state index in [0.717, 1.165) is 22.4 Å². The quantitative estimate of drug-likeness (QED) is 0.325. The second-order valence-corrected chi connectivity index (χ2v) is 8.64. The van der Waals surface area contributed by atoms with Crippen LogP contribution in [0.4, 0.5) is 5.69 Å². The molecule has 0 unspecified atom stereocenters. The zero-order valence-electron chi connectivity index (χ0n) is 19.5. The minimum Gasteiger partial charge on any atom is -0.508 e. The van der Waals surface area contributed by atoms with Crippen LogP contribution in [0.2, 0.25) is 0 Å². The predicted molar refractivity (Wildman–Crippen MR) is 127 cm³/mol. The largest absolute Gasteiger partial charge is 0.508 e. The average Bonchev–Trinajstić information content (AvgIpc) is 2.73. The van der Waals surface area contributed by atoms with Gasteiger partial charge in [0.15, 0.2) is 0 Å². The molecule has 0 aliphatic rings. The van der Waals surface area contributed by atoms with Gasteiger partial charge in [-0.15, -0.1) is 0 Å². The molecule has 0 aromatic heterocycles. The third kappa shape index (κ3) is 6.87. The molecule has 0 spiro atoms. The van der Waals surface area contributed by atoms with E-state index in [1.54, 1.807) is 43.3 Å². The maximum absolute atomic E-state index is 12.8. The molecule has 2 aromatic rings. The lowest BCUT2D eigenvalue weighted by atomic mass is 9.87. The Kier molecular flexibility index (Phi) is 8.47. The summed E-state index contributed by atoms with van der Waals surface area (Å²) in [7, 11) is 0. The van der Waals surface area contributed by atoms with E-state index in [0.29, 0.717) is 37.1 Å². The van der Waals surface area contributed by atoms with Crippen molar-refractivity contribution < 1.29 is 24.5 Å². The van der Waals surface area contributed by atoms with Crippen molar-refractivity contribution in [3.8, 4) is 11.5 Å². The Hall–Kier alpha value is -3.28. The smallest absolute Gasteiger partial charge is 0.331 e. The van der Waals surface area contributed by atoms with E-state index in [1.165, 1.54) is 0 Å². The van der Waals surface area contributed by atoms with E-state index < -0.39 is 11.4 Å². The minimum atomic E-state index is -0.925. The van der Waals surface area contributed by atoms with Crippen LogP contribution in [0.1, 0.15) is 56.7 Å². The first-order valence-electron chi connectivity index (χ1n) is 10.8. The van der Waals surface area contributed by atoms with E-state index in [1.807, 2.05) is 33.8 Å². The fourth-order valence-corrected chi connectivity index (χ4v) is 3.22. The summed E-state index contributed by atoms with van der Waals surface area (Å²) in [4.78, 5) is 23.9. The number of anilines is 1. The number of phenolic OH excluding ortho intramolecular Hbond substituents is 1. The highest BCUT2D eigenvalue weighted by molar-refractivity contribution is 5.95. The zero-order chi connectivity index (χ0) is 23.9. The third-order valence-electron chi connectivity index (χ3n) is 5.48. The summed E-state index contributed by atoms with van der Waals surface area (Å²) in [5, 5.41) is 21.8. The Labute approximate surface area is 189 Å². The summed E-state index contributed by atoms with van der Waals surface area (Å²) in [6.45, 7) is 9.79. The molecule has 0 bridgehead atoms. The SMILES string of the molecule is CCC(=Cc1ccc(NC(=O)C(C)(C)CCCOc2cc(C)c(O)cc2C)cc1)C(=O)O. The number of carboxylic acid groups (broad SMARTS) is 1. The van der Waals surface area contributed by atoms with Crippen LogP contribution in [-0.4, -0.2) is 28.7 Å². The Morgan fingerprint density at radius 3 is 2.34 bits per heavy atom. The van der Waals surface area contributed by atoms with Crippen LogP contribution in [0.25, 0.3) is 6.08 Å². The standard InChI is InChI=1S/C26H33NO5/c1-6-20(24(29)30)16-19-8-10-21(11-9-19)27-25(31)26(4,5)12-7-13-32-23-15-17(2)22(28)14-18(23)3/h8-11,14-16,28H,6-7,12-13H2,1-5H3,(H,27,31)(H,29,30). The highest BCUT2D eigenvalue weighted by Gasteiger charge is 2.27. The number of carboxylic acids is 1. The molecular formula is C26H33NO5. The van der Waals surface area contributed by atoms with Crippen molar-refractivity contribution in [2.75, 3.05) is 11.9 Å². The zero-order valence-corrected chi connectivity index (χ0v) is 19.5. The number of hydrogen-bond acceptors (Lipinski definition) is 4. The Balaban J connectivity index is 1.89. The molecule has 172 valence electrons. The Morgan fingerprint density at radius 2 is 1.75 bits per heavy atom. The number of rotatable bonds is 10. The van der Waals surface area contributed by atoms with Crippen LogP contribution in [-0.2, 0) is 9.59 Å². The number of carbonyl (C=O) groups is 2. The number of benzene rings is 2. The van der Waals surface area contributed by atoms with Gasteiger partial charge in [0.2, 0.25) is 5.91 Å². The molecule has 3 N–H and O–H groups in total. The molecule has 0 radical (unpaired) electrons. The van der Waals surface area contributed by atoms with E-state index in [9.17, 15) is 14.7 Å². The minimum absolute atomic E-state index is 0.0859. The van der Waals surface area contributed by atoms with Crippen LogP contribution in [0.3, 0.4) is 0 Å². The molecule has 0 aliphatic heterocycles. The fourth-order valence-electron chi connectivity index (χ4n) is 3.22. The molecule has 6 nitrogen and oxygen atoms in total. The number of aromatic hydroxyl groups is 1. The van der Waals surface area contributed by atoms with Crippen molar-refractivity contribution in [2.24, 2.45) is 5.41 Å². The van der Waals surface area contributed by atoms with Crippen LogP contribution in [0.15, 0.2) is 42.0 Å². The van der Waals surface area contributed by atoms with Gasteiger partial charge in [0, 0.05) is 16.7 Å². The monoisotopic (exact) mass is 439 g/mol. The summed E-state index contributed by atoms with van der Waals surface area (Å²) < 4.78 is 5.85. The van der Waals surface area contributed by atoms with Crippen molar-refractivity contribution in [3.05, 3.63) is 58.7 Å². The summed E-state index contributed by atoms with van der Waals surface area (Å²) in [5.74, 6) is -0.0150.